The summed E-state index contributed by atoms with van der Waals surface area (Å²) in [5.74, 6) is 3.07. The Bertz CT molecular complexity index is 227. The summed E-state index contributed by atoms with van der Waals surface area (Å²) in [6.45, 7) is 4.51. The van der Waals surface area contributed by atoms with Crippen molar-refractivity contribution in [2.45, 2.75) is 20.3 Å². The fourth-order valence-electron chi connectivity index (χ4n) is 0.878. The molecule has 0 aromatic carbocycles. The molecule has 0 saturated heterocycles. The van der Waals surface area contributed by atoms with Crippen LogP contribution in [0, 0.1) is 5.92 Å². The Morgan fingerprint density at radius 2 is 2.07 bits per heavy atom. The molecule has 1 unspecified atom stereocenters. The summed E-state index contributed by atoms with van der Waals surface area (Å²) in [5.41, 5.74) is 5.47. The van der Waals surface area contributed by atoms with Crippen molar-refractivity contribution in [1.29, 1.82) is 0 Å². The molecule has 0 rings (SSSR count). The van der Waals surface area contributed by atoms with Crippen LogP contribution >= 0.6 is 11.8 Å². The second-order valence-corrected chi connectivity index (χ2v) is 7.13. The molecule has 0 amide bonds. The van der Waals surface area contributed by atoms with Crippen molar-refractivity contribution in [1.82, 2.24) is 0 Å². The van der Waals surface area contributed by atoms with Gasteiger partial charge in [-0.25, -0.2) is 8.42 Å². The van der Waals surface area contributed by atoms with Crippen LogP contribution in [0.5, 0.6) is 0 Å². The minimum Gasteiger partial charge on any atom is -0.330 e. The first kappa shape index (κ1) is 14.3. The quantitative estimate of drug-likeness (QED) is 0.645. The molecule has 86 valence electrons. The van der Waals surface area contributed by atoms with Crippen LogP contribution in [0.4, 0.5) is 0 Å². The van der Waals surface area contributed by atoms with Crippen LogP contribution in [0.25, 0.3) is 0 Å². The van der Waals surface area contributed by atoms with E-state index in [1.54, 1.807) is 18.7 Å². The molecular weight excluding hydrogens is 218 g/mol. The lowest BCUT2D eigenvalue weighted by Gasteiger charge is -2.07. The van der Waals surface area contributed by atoms with Gasteiger partial charge in [0.15, 0.2) is 0 Å². The molecule has 0 radical (unpaired) electrons. The molecule has 14 heavy (non-hydrogen) atoms. The van der Waals surface area contributed by atoms with Gasteiger partial charge < -0.3 is 5.73 Å². The van der Waals surface area contributed by atoms with Crippen molar-refractivity contribution in [2.75, 3.05) is 29.6 Å². The zero-order chi connectivity index (χ0) is 11.0. The zero-order valence-corrected chi connectivity index (χ0v) is 10.7. The van der Waals surface area contributed by atoms with E-state index < -0.39 is 9.84 Å². The maximum absolute atomic E-state index is 11.1. The molecule has 0 aromatic rings. The Labute approximate surface area is 91.7 Å². The van der Waals surface area contributed by atoms with Gasteiger partial charge in [-0.1, -0.05) is 13.8 Å². The van der Waals surface area contributed by atoms with E-state index >= 15 is 0 Å². The van der Waals surface area contributed by atoms with Crippen LogP contribution in [0.2, 0.25) is 0 Å². The number of nitrogens with two attached hydrogens (primary N) is 1. The molecule has 5 heteroatoms. The summed E-state index contributed by atoms with van der Waals surface area (Å²) in [7, 11) is -2.76. The highest BCUT2D eigenvalue weighted by atomic mass is 32.2. The van der Waals surface area contributed by atoms with Crippen molar-refractivity contribution in [3.8, 4) is 0 Å². The van der Waals surface area contributed by atoms with Crippen LogP contribution < -0.4 is 5.73 Å². The maximum atomic E-state index is 11.1. The average molecular weight is 239 g/mol. The van der Waals surface area contributed by atoms with Gasteiger partial charge in [0, 0.05) is 5.75 Å². The smallest absolute Gasteiger partial charge is 0.150 e. The molecule has 0 fully saturated rings. The first-order valence-corrected chi connectivity index (χ1v) is 7.97. The Morgan fingerprint density at radius 3 is 2.57 bits per heavy atom. The van der Waals surface area contributed by atoms with Crippen LogP contribution in [0.3, 0.4) is 0 Å². The van der Waals surface area contributed by atoms with Crippen molar-refractivity contribution in [2.24, 2.45) is 11.7 Å². The SMILES string of the molecule is CCS(=O)(=O)CCCSCC(C)CN. The lowest BCUT2D eigenvalue weighted by atomic mass is 10.2. The predicted octanol–water partition coefficient (Wildman–Crippen LogP) is 1.14. The van der Waals surface area contributed by atoms with E-state index in [-0.39, 0.29) is 5.75 Å². The molecule has 3 nitrogen and oxygen atoms in total. The van der Waals surface area contributed by atoms with E-state index in [4.69, 9.17) is 5.73 Å². The van der Waals surface area contributed by atoms with Crippen LogP contribution in [-0.2, 0) is 9.84 Å². The van der Waals surface area contributed by atoms with Gasteiger partial charge in [-0.3, -0.25) is 0 Å². The topological polar surface area (TPSA) is 60.2 Å². The second-order valence-electron chi connectivity index (χ2n) is 3.51. The molecule has 0 aliphatic rings. The van der Waals surface area contributed by atoms with Crippen molar-refractivity contribution >= 4 is 21.6 Å². The van der Waals surface area contributed by atoms with Crippen molar-refractivity contribution < 1.29 is 8.42 Å². The third-order valence-corrected chi connectivity index (χ3v) is 5.16. The largest absolute Gasteiger partial charge is 0.330 e. The standard InChI is InChI=1S/C9H21NO2S2/c1-3-14(11,12)6-4-5-13-8-9(2)7-10/h9H,3-8,10H2,1-2H3. The van der Waals surface area contributed by atoms with E-state index in [2.05, 4.69) is 6.92 Å². The van der Waals surface area contributed by atoms with Gasteiger partial charge in [-0.2, -0.15) is 11.8 Å². The summed E-state index contributed by atoms with van der Waals surface area (Å²) < 4.78 is 22.2. The highest BCUT2D eigenvalue weighted by Crippen LogP contribution is 2.09. The van der Waals surface area contributed by atoms with Gasteiger partial charge in [0.2, 0.25) is 0 Å². The van der Waals surface area contributed by atoms with Crippen LogP contribution in [-0.4, -0.2) is 38.0 Å². The number of rotatable bonds is 8. The third-order valence-electron chi connectivity index (χ3n) is 1.99. The number of thioether (sulfide) groups is 1. The van der Waals surface area contributed by atoms with Gasteiger partial charge in [0.25, 0.3) is 0 Å². The summed E-state index contributed by atoms with van der Waals surface area (Å²) >= 11 is 1.79. The lowest BCUT2D eigenvalue weighted by molar-refractivity contribution is 0.596. The highest BCUT2D eigenvalue weighted by molar-refractivity contribution is 7.99. The summed E-state index contributed by atoms with van der Waals surface area (Å²) in [5, 5.41) is 0. The van der Waals surface area contributed by atoms with E-state index in [1.807, 2.05) is 0 Å². The summed E-state index contributed by atoms with van der Waals surface area (Å²) in [6.07, 6.45) is 0.762. The molecular formula is C9H21NO2S2. The van der Waals surface area contributed by atoms with E-state index in [9.17, 15) is 8.42 Å². The molecule has 2 N–H and O–H groups in total. The zero-order valence-electron chi connectivity index (χ0n) is 9.03. The Morgan fingerprint density at radius 1 is 1.43 bits per heavy atom. The van der Waals surface area contributed by atoms with E-state index in [0.29, 0.717) is 18.2 Å². The molecule has 0 saturated carbocycles. The first-order chi connectivity index (χ1) is 6.52. The first-order valence-electron chi connectivity index (χ1n) is 5.00. The van der Waals surface area contributed by atoms with Gasteiger partial charge in [0.05, 0.1) is 5.75 Å². The average Bonchev–Trinajstić information content (AvgIpc) is 2.17. The minimum absolute atomic E-state index is 0.261. The van der Waals surface area contributed by atoms with Crippen LogP contribution in [0.1, 0.15) is 20.3 Å². The van der Waals surface area contributed by atoms with Gasteiger partial charge in [0.1, 0.15) is 9.84 Å². The summed E-state index contributed by atoms with van der Waals surface area (Å²) in [4.78, 5) is 0. The Balaban J connectivity index is 3.39. The van der Waals surface area contributed by atoms with Crippen LogP contribution in [0.15, 0.2) is 0 Å². The number of hydrogen-bond donors (Lipinski definition) is 1. The summed E-state index contributed by atoms with van der Waals surface area (Å²) in [6, 6.07) is 0. The number of sulfone groups is 1. The highest BCUT2D eigenvalue weighted by Gasteiger charge is 2.06. The predicted molar refractivity (Wildman–Crippen MR) is 64.5 cm³/mol. The van der Waals surface area contributed by atoms with E-state index in [1.165, 1.54) is 0 Å². The van der Waals surface area contributed by atoms with Crippen molar-refractivity contribution in [3.05, 3.63) is 0 Å². The molecule has 0 spiro atoms. The molecule has 0 heterocycles. The third kappa shape index (κ3) is 7.64. The van der Waals surface area contributed by atoms with Gasteiger partial charge in [-0.15, -0.1) is 0 Å². The maximum Gasteiger partial charge on any atom is 0.150 e. The second kappa shape index (κ2) is 7.54. The molecule has 0 aromatic heterocycles. The number of hydrogen-bond acceptors (Lipinski definition) is 4. The fourth-order valence-corrected chi connectivity index (χ4v) is 2.99. The van der Waals surface area contributed by atoms with E-state index in [0.717, 1.165) is 17.9 Å². The molecule has 0 aliphatic carbocycles. The molecule has 0 bridgehead atoms. The lowest BCUT2D eigenvalue weighted by Crippen LogP contribution is -2.13. The fraction of sp³-hybridized carbons (Fsp3) is 1.00. The van der Waals surface area contributed by atoms with Crippen molar-refractivity contribution in [3.63, 3.8) is 0 Å². The van der Waals surface area contributed by atoms with Gasteiger partial charge in [-0.05, 0) is 30.4 Å². The Kier molecular flexibility index (Phi) is 7.68. The monoisotopic (exact) mass is 239 g/mol. The van der Waals surface area contributed by atoms with Gasteiger partial charge >= 0.3 is 0 Å². The Hall–Kier alpha value is 0.260. The normalized spacial score (nSPS) is 14.2. The minimum atomic E-state index is -2.76. The molecule has 1 atom stereocenters. The molecule has 0 aliphatic heterocycles.